The van der Waals surface area contributed by atoms with Crippen LogP contribution in [0.25, 0.3) is 11.3 Å². The van der Waals surface area contributed by atoms with Crippen LogP contribution in [-0.2, 0) is 0 Å². The zero-order valence-corrected chi connectivity index (χ0v) is 21.7. The number of rotatable bonds is 5. The summed E-state index contributed by atoms with van der Waals surface area (Å²) in [5.74, 6) is 0.456. The van der Waals surface area contributed by atoms with Crippen LogP contribution in [-0.4, -0.2) is 42.9 Å². The topological polar surface area (TPSA) is 65.8 Å². The maximum atomic E-state index is 12.9. The molecule has 1 fully saturated rings. The van der Waals surface area contributed by atoms with Crippen LogP contribution < -0.4 is 10.2 Å². The van der Waals surface area contributed by atoms with E-state index in [4.69, 9.17) is 27.6 Å². The van der Waals surface area contributed by atoms with E-state index < -0.39 is 0 Å². The lowest BCUT2D eigenvalue weighted by Gasteiger charge is -2.36. The second-order valence-corrected chi connectivity index (χ2v) is 9.70. The number of hydrogen-bond acceptors (Lipinski definition) is 4. The number of nitrogens with zero attached hydrogens (tertiary/aromatic N) is 2. The summed E-state index contributed by atoms with van der Waals surface area (Å²) in [6, 6.07) is 23.9. The Kier molecular flexibility index (Phi) is 7.22. The zero-order chi connectivity index (χ0) is 25.9. The number of carbonyl (C=O) groups is 2. The lowest BCUT2D eigenvalue weighted by Crippen LogP contribution is -2.48. The molecule has 3 aromatic carbocycles. The molecule has 0 unspecified atom stereocenters. The highest BCUT2D eigenvalue weighted by molar-refractivity contribution is 6.42. The minimum atomic E-state index is -0.345. The molecule has 0 saturated carbocycles. The Labute approximate surface area is 225 Å². The molecule has 0 spiro atoms. The van der Waals surface area contributed by atoms with Crippen LogP contribution in [0.4, 0.5) is 11.4 Å². The van der Waals surface area contributed by atoms with E-state index in [1.165, 1.54) is 0 Å². The van der Waals surface area contributed by atoms with Crippen molar-refractivity contribution in [2.45, 2.75) is 6.92 Å². The lowest BCUT2D eigenvalue weighted by molar-refractivity contribution is 0.0746. The molecule has 37 heavy (non-hydrogen) atoms. The second-order valence-electron chi connectivity index (χ2n) is 8.89. The molecule has 6 nitrogen and oxygen atoms in total. The predicted octanol–water partition coefficient (Wildman–Crippen LogP) is 6.78. The number of halogens is 2. The summed E-state index contributed by atoms with van der Waals surface area (Å²) in [7, 11) is 0. The number of hydrogen-bond donors (Lipinski definition) is 1. The van der Waals surface area contributed by atoms with Crippen LogP contribution in [0.1, 0.15) is 26.5 Å². The molecule has 2 amide bonds. The quantitative estimate of drug-likeness (QED) is 0.307. The van der Waals surface area contributed by atoms with Gasteiger partial charge in [-0.25, -0.2) is 0 Å². The smallest absolute Gasteiger partial charge is 0.291 e. The molecule has 1 aromatic heterocycles. The minimum absolute atomic E-state index is 0.0797. The Balaban J connectivity index is 1.17. The van der Waals surface area contributed by atoms with Gasteiger partial charge in [-0.1, -0.05) is 41.4 Å². The van der Waals surface area contributed by atoms with E-state index in [9.17, 15) is 9.59 Å². The van der Waals surface area contributed by atoms with Gasteiger partial charge in [0, 0.05) is 48.7 Å². The van der Waals surface area contributed by atoms with Gasteiger partial charge in [0.15, 0.2) is 5.76 Å². The monoisotopic (exact) mass is 533 g/mol. The molecule has 0 radical (unpaired) electrons. The maximum Gasteiger partial charge on any atom is 0.291 e. The van der Waals surface area contributed by atoms with E-state index in [-0.39, 0.29) is 17.6 Å². The number of carbonyl (C=O) groups excluding carboxylic acids is 2. The Bertz CT molecular complexity index is 1440. The third-order valence-electron chi connectivity index (χ3n) is 6.47. The van der Waals surface area contributed by atoms with E-state index in [1.807, 2.05) is 60.4 Å². The third-order valence-corrected chi connectivity index (χ3v) is 7.21. The largest absolute Gasteiger partial charge is 0.451 e. The van der Waals surface area contributed by atoms with Crippen molar-refractivity contribution < 1.29 is 14.0 Å². The number of furan rings is 1. The Morgan fingerprint density at radius 3 is 2.27 bits per heavy atom. The highest BCUT2D eigenvalue weighted by Gasteiger charge is 2.23. The Morgan fingerprint density at radius 1 is 0.838 bits per heavy atom. The van der Waals surface area contributed by atoms with Crippen molar-refractivity contribution in [1.29, 1.82) is 0 Å². The van der Waals surface area contributed by atoms with E-state index in [2.05, 4.69) is 10.2 Å². The summed E-state index contributed by atoms with van der Waals surface area (Å²) in [4.78, 5) is 29.7. The summed E-state index contributed by atoms with van der Waals surface area (Å²) in [5, 5.41) is 3.74. The first-order valence-electron chi connectivity index (χ1n) is 12.0. The molecule has 0 bridgehead atoms. The average molecular weight is 534 g/mol. The van der Waals surface area contributed by atoms with Gasteiger partial charge >= 0.3 is 0 Å². The fourth-order valence-electron chi connectivity index (χ4n) is 4.36. The van der Waals surface area contributed by atoms with Gasteiger partial charge in [-0.3, -0.25) is 9.59 Å². The first-order valence-corrected chi connectivity index (χ1v) is 12.7. The van der Waals surface area contributed by atoms with Gasteiger partial charge in [0.25, 0.3) is 11.8 Å². The fourth-order valence-corrected chi connectivity index (χ4v) is 4.66. The van der Waals surface area contributed by atoms with Crippen molar-refractivity contribution in [3.8, 4) is 11.3 Å². The summed E-state index contributed by atoms with van der Waals surface area (Å²) >= 11 is 12.1. The molecule has 4 aromatic rings. The van der Waals surface area contributed by atoms with Crippen molar-refractivity contribution in [3.05, 3.63) is 106 Å². The van der Waals surface area contributed by atoms with Gasteiger partial charge in [-0.15, -0.1) is 0 Å². The van der Waals surface area contributed by atoms with Gasteiger partial charge in [-0.2, -0.15) is 0 Å². The van der Waals surface area contributed by atoms with Crippen molar-refractivity contribution in [2.75, 3.05) is 36.4 Å². The number of benzene rings is 3. The number of nitrogens with one attached hydrogen (secondary N) is 1. The third kappa shape index (κ3) is 5.50. The molecule has 0 atom stereocenters. The molecular weight excluding hydrogens is 509 g/mol. The summed E-state index contributed by atoms with van der Waals surface area (Å²) < 4.78 is 5.73. The first-order chi connectivity index (χ1) is 17.9. The standard InChI is InChI=1S/C29H25Cl2N3O3/c1-19-4-2-3-5-23(19)29(36)34-16-14-33(15-17-34)22-9-7-21(8-10-22)32-28(35)27-13-12-26(37-27)20-6-11-24(30)25(31)18-20/h2-13,18H,14-17H2,1H3,(H,32,35). The van der Waals surface area contributed by atoms with Gasteiger partial charge in [0.05, 0.1) is 10.0 Å². The Hall–Kier alpha value is -3.74. The zero-order valence-electron chi connectivity index (χ0n) is 20.2. The number of aryl methyl sites for hydroxylation is 1. The molecular formula is C29H25Cl2N3O3. The maximum absolute atomic E-state index is 12.9. The number of amides is 2. The van der Waals surface area contributed by atoms with Crippen LogP contribution in [0.2, 0.25) is 10.0 Å². The van der Waals surface area contributed by atoms with Gasteiger partial charge in [-0.05, 0) is 73.2 Å². The predicted molar refractivity (Wildman–Crippen MR) is 148 cm³/mol. The minimum Gasteiger partial charge on any atom is -0.451 e. The molecule has 2 heterocycles. The SMILES string of the molecule is Cc1ccccc1C(=O)N1CCN(c2ccc(NC(=O)c3ccc(-c4ccc(Cl)c(Cl)c4)o3)cc2)CC1. The van der Waals surface area contributed by atoms with Crippen molar-refractivity contribution >= 4 is 46.4 Å². The van der Waals surface area contributed by atoms with Crippen LogP contribution in [0, 0.1) is 6.92 Å². The summed E-state index contributed by atoms with van der Waals surface area (Å²) in [6.45, 7) is 4.77. The molecule has 1 N–H and O–H groups in total. The van der Waals surface area contributed by atoms with E-state index in [0.29, 0.717) is 34.6 Å². The molecule has 1 aliphatic rings. The fraction of sp³-hybridized carbons (Fsp3) is 0.172. The second kappa shape index (κ2) is 10.7. The van der Waals surface area contributed by atoms with Crippen LogP contribution in [0.5, 0.6) is 0 Å². The lowest BCUT2D eigenvalue weighted by atomic mass is 10.1. The molecule has 8 heteroatoms. The molecule has 5 rings (SSSR count). The number of piperazine rings is 1. The van der Waals surface area contributed by atoms with E-state index in [0.717, 1.165) is 35.5 Å². The van der Waals surface area contributed by atoms with Gasteiger partial charge in [0.1, 0.15) is 5.76 Å². The van der Waals surface area contributed by atoms with E-state index in [1.54, 1.807) is 30.3 Å². The molecule has 1 saturated heterocycles. The van der Waals surface area contributed by atoms with Crippen molar-refractivity contribution in [2.24, 2.45) is 0 Å². The van der Waals surface area contributed by atoms with Crippen molar-refractivity contribution in [3.63, 3.8) is 0 Å². The molecule has 0 aliphatic carbocycles. The van der Waals surface area contributed by atoms with Gasteiger partial charge < -0.3 is 19.5 Å². The van der Waals surface area contributed by atoms with E-state index >= 15 is 0 Å². The average Bonchev–Trinajstić information content (AvgIpc) is 3.41. The number of anilines is 2. The highest BCUT2D eigenvalue weighted by Crippen LogP contribution is 2.30. The van der Waals surface area contributed by atoms with Crippen LogP contribution in [0.3, 0.4) is 0 Å². The Morgan fingerprint density at radius 2 is 1.57 bits per heavy atom. The normalized spacial score (nSPS) is 13.5. The van der Waals surface area contributed by atoms with Crippen LogP contribution in [0.15, 0.2) is 83.3 Å². The van der Waals surface area contributed by atoms with Crippen LogP contribution >= 0.6 is 23.2 Å². The molecule has 1 aliphatic heterocycles. The summed E-state index contributed by atoms with van der Waals surface area (Å²) in [6.07, 6.45) is 0. The highest BCUT2D eigenvalue weighted by atomic mass is 35.5. The molecule has 188 valence electrons. The summed E-state index contributed by atoms with van der Waals surface area (Å²) in [5.41, 5.74) is 4.19. The van der Waals surface area contributed by atoms with Gasteiger partial charge in [0.2, 0.25) is 0 Å². The first kappa shape index (κ1) is 24.9. The van der Waals surface area contributed by atoms with Crippen molar-refractivity contribution in [1.82, 2.24) is 4.90 Å².